The van der Waals surface area contributed by atoms with Crippen molar-refractivity contribution in [2.75, 3.05) is 13.1 Å². The van der Waals surface area contributed by atoms with Gasteiger partial charge in [-0.15, -0.1) is 0 Å². The Bertz CT molecular complexity index is 188. The molecule has 0 aromatic heterocycles. The Hall–Kier alpha value is -0.730. The van der Waals surface area contributed by atoms with Gasteiger partial charge < -0.3 is 10.2 Å². The maximum atomic E-state index is 11.8. The zero-order chi connectivity index (χ0) is 11.1. The maximum absolute atomic E-state index is 11.8. The Morgan fingerprint density at radius 3 is 2.47 bits per heavy atom. The largest absolute Gasteiger partial charge is 0.335 e. The van der Waals surface area contributed by atoms with E-state index in [1.165, 1.54) is 19.3 Å². The molecule has 0 unspecified atom stereocenters. The molecule has 0 bridgehead atoms. The number of urea groups is 1. The summed E-state index contributed by atoms with van der Waals surface area (Å²) in [5.74, 6) is 0. The van der Waals surface area contributed by atoms with Gasteiger partial charge in [-0.05, 0) is 26.2 Å². The fraction of sp³-hybridized carbons (Fsp3) is 0.917. The summed E-state index contributed by atoms with van der Waals surface area (Å²) in [5, 5.41) is 3.14. The van der Waals surface area contributed by atoms with Gasteiger partial charge >= 0.3 is 6.03 Å². The highest BCUT2D eigenvalue weighted by molar-refractivity contribution is 5.74. The van der Waals surface area contributed by atoms with Crippen molar-refractivity contribution in [3.05, 3.63) is 0 Å². The van der Waals surface area contributed by atoms with Crippen LogP contribution < -0.4 is 5.32 Å². The molecule has 3 nitrogen and oxygen atoms in total. The molecule has 1 fully saturated rings. The van der Waals surface area contributed by atoms with Crippen LogP contribution in [0.3, 0.4) is 0 Å². The first-order valence-corrected chi connectivity index (χ1v) is 6.33. The number of amides is 2. The average molecular weight is 212 g/mol. The second kappa shape index (κ2) is 6.70. The second-order valence-electron chi connectivity index (χ2n) is 4.36. The number of hydrogen-bond acceptors (Lipinski definition) is 1. The Labute approximate surface area is 93.2 Å². The molecule has 0 aromatic rings. The fourth-order valence-corrected chi connectivity index (χ4v) is 2.19. The third-order valence-corrected chi connectivity index (χ3v) is 3.10. The lowest BCUT2D eigenvalue weighted by atomic mass is 9.96. The van der Waals surface area contributed by atoms with Gasteiger partial charge in [-0.3, -0.25) is 0 Å². The molecule has 1 aliphatic carbocycles. The number of rotatable bonds is 4. The topological polar surface area (TPSA) is 32.3 Å². The standard InChI is InChI=1S/C12H24N2O/c1-3-10-14(4-2)12(15)13-11-8-6-5-7-9-11/h11H,3-10H2,1-2H3,(H,13,15). The highest BCUT2D eigenvalue weighted by Crippen LogP contribution is 2.17. The third-order valence-electron chi connectivity index (χ3n) is 3.10. The molecule has 0 atom stereocenters. The number of carbonyl (C=O) groups is 1. The van der Waals surface area contributed by atoms with Crippen LogP contribution in [0.2, 0.25) is 0 Å². The van der Waals surface area contributed by atoms with Crippen LogP contribution in [0.5, 0.6) is 0 Å². The van der Waals surface area contributed by atoms with Gasteiger partial charge in [0.25, 0.3) is 0 Å². The smallest absolute Gasteiger partial charge is 0.317 e. The molecular weight excluding hydrogens is 188 g/mol. The van der Waals surface area contributed by atoms with Gasteiger partial charge in [0.2, 0.25) is 0 Å². The molecule has 1 aliphatic rings. The molecule has 0 saturated heterocycles. The predicted octanol–water partition coefficient (Wildman–Crippen LogP) is 2.76. The van der Waals surface area contributed by atoms with Gasteiger partial charge in [0.1, 0.15) is 0 Å². The van der Waals surface area contributed by atoms with Gasteiger partial charge in [-0.25, -0.2) is 4.79 Å². The number of hydrogen-bond donors (Lipinski definition) is 1. The van der Waals surface area contributed by atoms with E-state index in [9.17, 15) is 4.79 Å². The highest BCUT2D eigenvalue weighted by atomic mass is 16.2. The van der Waals surface area contributed by atoms with E-state index in [4.69, 9.17) is 0 Å². The van der Waals surface area contributed by atoms with E-state index >= 15 is 0 Å². The van der Waals surface area contributed by atoms with Crippen LogP contribution in [0.15, 0.2) is 0 Å². The van der Waals surface area contributed by atoms with Crippen molar-refractivity contribution in [2.24, 2.45) is 0 Å². The zero-order valence-corrected chi connectivity index (χ0v) is 10.1. The quantitative estimate of drug-likeness (QED) is 0.763. The third kappa shape index (κ3) is 4.10. The van der Waals surface area contributed by atoms with Crippen molar-refractivity contribution in [3.8, 4) is 0 Å². The SMILES string of the molecule is CCCN(CC)C(=O)NC1CCCCC1. The first kappa shape index (κ1) is 12.3. The second-order valence-corrected chi connectivity index (χ2v) is 4.36. The van der Waals surface area contributed by atoms with Gasteiger partial charge in [0, 0.05) is 19.1 Å². The van der Waals surface area contributed by atoms with Crippen LogP contribution >= 0.6 is 0 Å². The number of carbonyl (C=O) groups excluding carboxylic acids is 1. The van der Waals surface area contributed by atoms with E-state index in [2.05, 4.69) is 12.2 Å². The van der Waals surface area contributed by atoms with Crippen LogP contribution in [-0.2, 0) is 0 Å². The molecule has 0 aromatic carbocycles. The molecule has 0 aliphatic heterocycles. The summed E-state index contributed by atoms with van der Waals surface area (Å²) < 4.78 is 0. The molecular formula is C12H24N2O. The Kier molecular flexibility index (Phi) is 5.51. The van der Waals surface area contributed by atoms with E-state index in [1.807, 2.05) is 11.8 Å². The monoisotopic (exact) mass is 212 g/mol. The molecule has 15 heavy (non-hydrogen) atoms. The summed E-state index contributed by atoms with van der Waals surface area (Å²) in [4.78, 5) is 13.7. The van der Waals surface area contributed by atoms with Crippen LogP contribution in [0.4, 0.5) is 4.79 Å². The minimum atomic E-state index is 0.131. The average Bonchev–Trinajstić information content (AvgIpc) is 2.27. The number of nitrogens with zero attached hydrogens (tertiary/aromatic N) is 1. The van der Waals surface area contributed by atoms with Crippen molar-refractivity contribution in [3.63, 3.8) is 0 Å². The lowest BCUT2D eigenvalue weighted by Crippen LogP contribution is -2.45. The summed E-state index contributed by atoms with van der Waals surface area (Å²) in [6, 6.07) is 0.559. The van der Waals surface area contributed by atoms with Crippen molar-refractivity contribution in [1.82, 2.24) is 10.2 Å². The first-order valence-electron chi connectivity index (χ1n) is 6.33. The predicted molar refractivity (Wildman–Crippen MR) is 62.9 cm³/mol. The molecule has 3 heteroatoms. The van der Waals surface area contributed by atoms with Crippen molar-refractivity contribution in [1.29, 1.82) is 0 Å². The first-order chi connectivity index (χ1) is 7.27. The lowest BCUT2D eigenvalue weighted by Gasteiger charge is -2.27. The number of nitrogens with one attached hydrogen (secondary N) is 1. The fourth-order valence-electron chi connectivity index (χ4n) is 2.19. The summed E-state index contributed by atoms with van der Waals surface area (Å²) in [6.45, 7) is 5.83. The normalized spacial score (nSPS) is 17.5. The molecule has 0 heterocycles. The van der Waals surface area contributed by atoms with Gasteiger partial charge in [-0.2, -0.15) is 0 Å². The van der Waals surface area contributed by atoms with Crippen LogP contribution in [0.1, 0.15) is 52.4 Å². The molecule has 1 rings (SSSR count). The Balaban J connectivity index is 2.31. The van der Waals surface area contributed by atoms with Crippen LogP contribution in [0.25, 0.3) is 0 Å². The lowest BCUT2D eigenvalue weighted by molar-refractivity contribution is 0.192. The summed E-state index contributed by atoms with van der Waals surface area (Å²) in [5.41, 5.74) is 0. The van der Waals surface area contributed by atoms with Gasteiger partial charge in [-0.1, -0.05) is 26.2 Å². The summed E-state index contributed by atoms with van der Waals surface area (Å²) >= 11 is 0. The summed E-state index contributed by atoms with van der Waals surface area (Å²) in [7, 11) is 0. The van der Waals surface area contributed by atoms with E-state index in [-0.39, 0.29) is 6.03 Å². The Morgan fingerprint density at radius 1 is 1.27 bits per heavy atom. The molecule has 0 spiro atoms. The minimum Gasteiger partial charge on any atom is -0.335 e. The van der Waals surface area contributed by atoms with Crippen LogP contribution in [0, 0.1) is 0 Å². The van der Waals surface area contributed by atoms with Crippen molar-refractivity contribution >= 4 is 6.03 Å². The zero-order valence-electron chi connectivity index (χ0n) is 10.1. The van der Waals surface area contributed by atoms with E-state index < -0.39 is 0 Å². The minimum absolute atomic E-state index is 0.131. The van der Waals surface area contributed by atoms with Crippen molar-refractivity contribution in [2.45, 2.75) is 58.4 Å². The van der Waals surface area contributed by atoms with Gasteiger partial charge in [0.15, 0.2) is 0 Å². The molecule has 2 amide bonds. The van der Waals surface area contributed by atoms with E-state index in [0.717, 1.165) is 32.4 Å². The Morgan fingerprint density at radius 2 is 1.93 bits per heavy atom. The molecule has 0 radical (unpaired) electrons. The van der Waals surface area contributed by atoms with Crippen LogP contribution in [-0.4, -0.2) is 30.1 Å². The molecule has 1 saturated carbocycles. The molecule has 1 N–H and O–H groups in total. The van der Waals surface area contributed by atoms with Crippen molar-refractivity contribution < 1.29 is 4.79 Å². The van der Waals surface area contributed by atoms with Gasteiger partial charge in [0.05, 0.1) is 0 Å². The summed E-state index contributed by atoms with van der Waals surface area (Å²) in [6.07, 6.45) is 7.23. The van der Waals surface area contributed by atoms with E-state index in [1.54, 1.807) is 0 Å². The maximum Gasteiger partial charge on any atom is 0.317 e. The highest BCUT2D eigenvalue weighted by Gasteiger charge is 2.18. The molecule has 88 valence electrons. The van der Waals surface area contributed by atoms with E-state index in [0.29, 0.717) is 6.04 Å².